The van der Waals surface area contributed by atoms with Crippen LogP contribution < -0.4 is 9.64 Å². The van der Waals surface area contributed by atoms with E-state index in [4.69, 9.17) is 4.74 Å². The van der Waals surface area contributed by atoms with Gasteiger partial charge in [0.2, 0.25) is 5.91 Å². The Labute approximate surface area is 212 Å². The monoisotopic (exact) mass is 490 g/mol. The van der Waals surface area contributed by atoms with Gasteiger partial charge in [-0.25, -0.2) is 4.79 Å². The first kappa shape index (κ1) is 25.1. The van der Waals surface area contributed by atoms with Crippen molar-refractivity contribution in [3.8, 4) is 5.75 Å². The number of ether oxygens (including phenoxy) is 1. The molecule has 0 saturated carbocycles. The van der Waals surface area contributed by atoms with Gasteiger partial charge in [0.1, 0.15) is 12.3 Å². The third-order valence-electron chi connectivity index (χ3n) is 6.62. The molecule has 2 aromatic carbocycles. The van der Waals surface area contributed by atoms with Crippen molar-refractivity contribution in [2.24, 2.45) is 0 Å². The van der Waals surface area contributed by atoms with Gasteiger partial charge in [-0.15, -0.1) is 11.3 Å². The lowest BCUT2D eigenvalue weighted by molar-refractivity contribution is -0.134. The molecular weight excluding hydrogens is 456 g/mol. The zero-order valence-electron chi connectivity index (χ0n) is 20.6. The largest absolute Gasteiger partial charge is 0.425 e. The molecule has 5 nitrogen and oxygen atoms in total. The van der Waals surface area contributed by atoms with Crippen LogP contribution in [0.15, 0.2) is 66.0 Å². The van der Waals surface area contributed by atoms with Gasteiger partial charge < -0.3 is 9.64 Å². The SMILES string of the molecule is CCCN(CCc1cccs1)C1CCc2c(cccc2OC(=O)CN(C(C)=O)c2ccccc2)C1. The highest BCUT2D eigenvalue weighted by Crippen LogP contribution is 2.32. The van der Waals surface area contributed by atoms with Crippen molar-refractivity contribution in [3.05, 3.63) is 82.0 Å². The number of hydrogen-bond acceptors (Lipinski definition) is 5. The van der Waals surface area contributed by atoms with Gasteiger partial charge >= 0.3 is 5.97 Å². The van der Waals surface area contributed by atoms with Gasteiger partial charge in [0.25, 0.3) is 0 Å². The van der Waals surface area contributed by atoms with E-state index in [1.54, 1.807) is 0 Å². The molecule has 35 heavy (non-hydrogen) atoms. The molecule has 0 spiro atoms. The van der Waals surface area contributed by atoms with Crippen LogP contribution in [0.2, 0.25) is 0 Å². The van der Waals surface area contributed by atoms with Crippen molar-refractivity contribution in [3.63, 3.8) is 0 Å². The summed E-state index contributed by atoms with van der Waals surface area (Å²) in [6.45, 7) is 5.76. The lowest BCUT2D eigenvalue weighted by atomic mass is 9.86. The maximum absolute atomic E-state index is 12.8. The van der Waals surface area contributed by atoms with Crippen molar-refractivity contribution in [1.29, 1.82) is 0 Å². The van der Waals surface area contributed by atoms with Crippen LogP contribution in [0, 0.1) is 0 Å². The Morgan fingerprint density at radius 2 is 1.86 bits per heavy atom. The first-order chi connectivity index (χ1) is 17.0. The maximum Gasteiger partial charge on any atom is 0.331 e. The number of carbonyl (C=O) groups is 2. The number of thiophene rings is 1. The van der Waals surface area contributed by atoms with E-state index in [0.717, 1.165) is 50.8 Å². The molecule has 0 N–H and O–H groups in total. The second-order valence-electron chi connectivity index (χ2n) is 9.07. The van der Waals surface area contributed by atoms with Crippen LogP contribution in [0.25, 0.3) is 0 Å². The summed E-state index contributed by atoms with van der Waals surface area (Å²) < 4.78 is 5.81. The summed E-state index contributed by atoms with van der Waals surface area (Å²) in [5.41, 5.74) is 3.07. The van der Waals surface area contributed by atoms with E-state index in [2.05, 4.69) is 35.4 Å². The number of esters is 1. The Morgan fingerprint density at radius 3 is 2.57 bits per heavy atom. The van der Waals surface area contributed by atoms with E-state index in [1.165, 1.54) is 22.3 Å². The number of anilines is 1. The number of fused-ring (bicyclic) bond motifs is 1. The summed E-state index contributed by atoms with van der Waals surface area (Å²) in [6, 6.07) is 20.1. The molecule has 0 saturated heterocycles. The van der Waals surface area contributed by atoms with Gasteiger partial charge in [-0.3, -0.25) is 9.69 Å². The molecule has 4 rings (SSSR count). The van der Waals surface area contributed by atoms with Crippen molar-refractivity contribution >= 4 is 28.9 Å². The molecule has 1 atom stereocenters. The minimum Gasteiger partial charge on any atom is -0.425 e. The van der Waals surface area contributed by atoms with Crippen LogP contribution in [0.3, 0.4) is 0 Å². The molecule has 0 radical (unpaired) electrons. The van der Waals surface area contributed by atoms with Crippen LogP contribution in [-0.4, -0.2) is 42.5 Å². The predicted molar refractivity (Wildman–Crippen MR) is 142 cm³/mol. The predicted octanol–water partition coefficient (Wildman–Crippen LogP) is 5.52. The molecular formula is C29H34N2O3S. The van der Waals surface area contributed by atoms with Crippen LogP contribution in [-0.2, 0) is 28.9 Å². The van der Waals surface area contributed by atoms with E-state index < -0.39 is 5.97 Å². The van der Waals surface area contributed by atoms with Gasteiger partial charge in [-0.1, -0.05) is 43.3 Å². The highest BCUT2D eigenvalue weighted by molar-refractivity contribution is 7.09. The number of para-hydroxylation sites is 1. The number of benzene rings is 2. The third-order valence-corrected chi connectivity index (χ3v) is 7.56. The second kappa shape index (κ2) is 12.1. The number of amides is 1. The lowest BCUT2D eigenvalue weighted by Crippen LogP contribution is -2.41. The minimum absolute atomic E-state index is 0.112. The van der Waals surface area contributed by atoms with Crippen molar-refractivity contribution in [1.82, 2.24) is 4.90 Å². The molecule has 1 aliphatic carbocycles. The topological polar surface area (TPSA) is 49.9 Å². The molecule has 1 aromatic heterocycles. The normalized spacial score (nSPS) is 15.0. The summed E-state index contributed by atoms with van der Waals surface area (Å²) >= 11 is 1.83. The van der Waals surface area contributed by atoms with Crippen LogP contribution in [0.1, 0.15) is 42.7 Å². The molecule has 0 aliphatic heterocycles. The van der Waals surface area contributed by atoms with Gasteiger partial charge in [0.15, 0.2) is 0 Å². The first-order valence-corrected chi connectivity index (χ1v) is 13.3. The van der Waals surface area contributed by atoms with Gasteiger partial charge in [0.05, 0.1) is 0 Å². The fraction of sp³-hybridized carbons (Fsp3) is 0.379. The summed E-state index contributed by atoms with van der Waals surface area (Å²) in [5.74, 6) is 0.0101. The Bertz CT molecular complexity index is 1110. The molecule has 0 bridgehead atoms. The molecule has 1 heterocycles. The average molecular weight is 491 g/mol. The Hall–Kier alpha value is -2.96. The van der Waals surface area contributed by atoms with Crippen molar-refractivity contribution < 1.29 is 14.3 Å². The molecule has 0 fully saturated rings. The van der Waals surface area contributed by atoms with Crippen LogP contribution in [0.4, 0.5) is 5.69 Å². The molecule has 3 aromatic rings. The standard InChI is InChI=1S/C29H34N2O3S/c1-3-17-30(18-16-26-12-8-19-35-26)25-14-15-27-23(20-25)9-7-13-28(27)34-29(33)21-31(22(2)32)24-10-5-4-6-11-24/h4-13,19,25H,3,14-18,20-21H2,1-2H3. The Balaban J connectivity index is 1.42. The van der Waals surface area contributed by atoms with Crippen LogP contribution in [0.5, 0.6) is 5.75 Å². The fourth-order valence-electron chi connectivity index (χ4n) is 4.91. The lowest BCUT2D eigenvalue weighted by Gasteiger charge is -2.35. The highest BCUT2D eigenvalue weighted by Gasteiger charge is 2.27. The highest BCUT2D eigenvalue weighted by atomic mass is 32.1. The second-order valence-corrected chi connectivity index (χ2v) is 10.1. The van der Waals surface area contributed by atoms with Gasteiger partial charge in [0, 0.05) is 30.1 Å². The summed E-state index contributed by atoms with van der Waals surface area (Å²) in [5, 5.41) is 2.15. The van der Waals surface area contributed by atoms with Gasteiger partial charge in [-0.05, 0) is 79.4 Å². The Morgan fingerprint density at radius 1 is 1.03 bits per heavy atom. The van der Waals surface area contributed by atoms with E-state index in [-0.39, 0.29) is 12.5 Å². The van der Waals surface area contributed by atoms with E-state index in [9.17, 15) is 9.59 Å². The fourth-order valence-corrected chi connectivity index (χ4v) is 5.61. The number of hydrogen-bond donors (Lipinski definition) is 0. The molecule has 184 valence electrons. The molecule has 6 heteroatoms. The van der Waals surface area contributed by atoms with Crippen molar-refractivity contribution in [2.45, 2.75) is 52.0 Å². The molecule has 1 aliphatic rings. The van der Waals surface area contributed by atoms with Crippen molar-refractivity contribution in [2.75, 3.05) is 24.5 Å². The zero-order chi connectivity index (χ0) is 24.6. The summed E-state index contributed by atoms with van der Waals surface area (Å²) in [4.78, 5) is 30.5. The zero-order valence-corrected chi connectivity index (χ0v) is 21.4. The maximum atomic E-state index is 12.8. The average Bonchev–Trinajstić information content (AvgIpc) is 3.39. The number of carbonyl (C=O) groups excluding carboxylic acids is 2. The van der Waals surface area contributed by atoms with E-state index in [0.29, 0.717) is 17.5 Å². The van der Waals surface area contributed by atoms with Crippen LogP contribution >= 0.6 is 11.3 Å². The van der Waals surface area contributed by atoms with E-state index >= 15 is 0 Å². The summed E-state index contributed by atoms with van der Waals surface area (Å²) in [7, 11) is 0. The quantitative estimate of drug-likeness (QED) is 0.277. The third kappa shape index (κ3) is 6.59. The molecule has 1 unspecified atom stereocenters. The Kier molecular flexibility index (Phi) is 8.72. The molecule has 1 amide bonds. The summed E-state index contributed by atoms with van der Waals surface area (Å²) in [6.07, 6.45) is 5.13. The smallest absolute Gasteiger partial charge is 0.331 e. The first-order valence-electron chi connectivity index (χ1n) is 12.5. The number of rotatable bonds is 10. The van der Waals surface area contributed by atoms with Gasteiger partial charge in [-0.2, -0.15) is 0 Å². The number of nitrogens with zero attached hydrogens (tertiary/aromatic N) is 2. The van der Waals surface area contributed by atoms with E-state index in [1.807, 2.05) is 53.8 Å². The minimum atomic E-state index is -0.428.